The molecular formula is C22H23N3O3. The number of rotatable bonds is 8. The second-order valence-electron chi connectivity index (χ2n) is 6.15. The number of methoxy groups -OCH3 is 2. The molecule has 0 radical (unpaired) electrons. The van der Waals surface area contributed by atoms with E-state index in [-0.39, 0.29) is 5.91 Å². The van der Waals surface area contributed by atoms with Crippen molar-refractivity contribution in [3.05, 3.63) is 78.1 Å². The zero-order valence-corrected chi connectivity index (χ0v) is 15.9. The van der Waals surface area contributed by atoms with Crippen molar-refractivity contribution >= 4 is 17.3 Å². The van der Waals surface area contributed by atoms with Crippen LogP contribution in [0, 0.1) is 0 Å². The number of carbonyl (C=O) groups is 1. The fourth-order valence-electron chi connectivity index (χ4n) is 2.76. The lowest BCUT2D eigenvalue weighted by atomic mass is 10.1. The number of ether oxygens (including phenoxy) is 2. The molecule has 6 heteroatoms. The van der Waals surface area contributed by atoms with Gasteiger partial charge < -0.3 is 20.1 Å². The van der Waals surface area contributed by atoms with E-state index in [4.69, 9.17) is 9.47 Å². The minimum Gasteiger partial charge on any atom is -0.497 e. The van der Waals surface area contributed by atoms with E-state index in [1.165, 1.54) is 5.56 Å². The molecule has 0 unspecified atom stereocenters. The highest BCUT2D eigenvalue weighted by molar-refractivity contribution is 5.94. The van der Waals surface area contributed by atoms with Gasteiger partial charge in [-0.2, -0.15) is 0 Å². The van der Waals surface area contributed by atoms with E-state index in [2.05, 4.69) is 15.6 Å². The second kappa shape index (κ2) is 9.41. The highest BCUT2D eigenvalue weighted by Crippen LogP contribution is 2.31. The Morgan fingerprint density at radius 1 is 1.00 bits per heavy atom. The van der Waals surface area contributed by atoms with Gasteiger partial charge in [0, 0.05) is 18.8 Å². The molecule has 0 aliphatic carbocycles. The first kappa shape index (κ1) is 19.2. The number of nitrogens with one attached hydrogen (secondary N) is 2. The maximum Gasteiger partial charge on any atom is 0.252 e. The van der Waals surface area contributed by atoms with Gasteiger partial charge in [-0.3, -0.25) is 9.78 Å². The molecule has 0 atom stereocenters. The van der Waals surface area contributed by atoms with Crippen LogP contribution >= 0.6 is 0 Å². The van der Waals surface area contributed by atoms with Gasteiger partial charge in [-0.05, 0) is 30.2 Å². The Morgan fingerprint density at radius 3 is 2.57 bits per heavy atom. The molecule has 0 saturated heterocycles. The van der Waals surface area contributed by atoms with Gasteiger partial charge in [0.15, 0.2) is 0 Å². The van der Waals surface area contributed by atoms with Gasteiger partial charge in [0.05, 0.1) is 37.4 Å². The maximum absolute atomic E-state index is 12.4. The van der Waals surface area contributed by atoms with E-state index in [9.17, 15) is 4.79 Å². The Labute approximate surface area is 164 Å². The molecule has 28 heavy (non-hydrogen) atoms. The SMILES string of the molecule is COc1ccc(Nc2cncc(C(=O)NCCc3ccccc3)c2)c(OC)c1. The number of aromatic nitrogens is 1. The van der Waals surface area contributed by atoms with Crippen molar-refractivity contribution in [1.29, 1.82) is 0 Å². The van der Waals surface area contributed by atoms with Crippen LogP contribution in [0.15, 0.2) is 67.0 Å². The summed E-state index contributed by atoms with van der Waals surface area (Å²) in [5.74, 6) is 1.18. The van der Waals surface area contributed by atoms with Gasteiger partial charge in [0.1, 0.15) is 11.5 Å². The third kappa shape index (κ3) is 5.01. The summed E-state index contributed by atoms with van der Waals surface area (Å²) >= 11 is 0. The van der Waals surface area contributed by atoms with Crippen LogP contribution in [0.2, 0.25) is 0 Å². The average molecular weight is 377 g/mol. The lowest BCUT2D eigenvalue weighted by Crippen LogP contribution is -2.25. The molecule has 0 aliphatic heterocycles. The maximum atomic E-state index is 12.4. The summed E-state index contributed by atoms with van der Waals surface area (Å²) in [4.78, 5) is 16.6. The number of pyridine rings is 1. The molecule has 3 rings (SSSR count). The Morgan fingerprint density at radius 2 is 1.82 bits per heavy atom. The molecule has 2 aromatic carbocycles. The molecule has 1 amide bonds. The van der Waals surface area contributed by atoms with Gasteiger partial charge in [-0.1, -0.05) is 30.3 Å². The van der Waals surface area contributed by atoms with Crippen LogP contribution in [0.4, 0.5) is 11.4 Å². The predicted octanol–water partition coefficient (Wildman–Crippen LogP) is 3.81. The van der Waals surface area contributed by atoms with E-state index < -0.39 is 0 Å². The van der Waals surface area contributed by atoms with Crippen LogP contribution in [-0.4, -0.2) is 31.7 Å². The van der Waals surface area contributed by atoms with Crippen molar-refractivity contribution in [3.8, 4) is 11.5 Å². The molecule has 6 nitrogen and oxygen atoms in total. The zero-order chi connectivity index (χ0) is 19.8. The van der Waals surface area contributed by atoms with Crippen LogP contribution in [0.1, 0.15) is 15.9 Å². The summed E-state index contributed by atoms with van der Waals surface area (Å²) in [6.07, 6.45) is 3.99. The van der Waals surface area contributed by atoms with Gasteiger partial charge in [-0.15, -0.1) is 0 Å². The van der Waals surface area contributed by atoms with E-state index in [0.717, 1.165) is 12.1 Å². The molecule has 1 aromatic heterocycles. The highest BCUT2D eigenvalue weighted by atomic mass is 16.5. The van der Waals surface area contributed by atoms with Crippen molar-refractivity contribution in [2.75, 3.05) is 26.1 Å². The van der Waals surface area contributed by atoms with Gasteiger partial charge in [0.2, 0.25) is 0 Å². The fourth-order valence-corrected chi connectivity index (χ4v) is 2.76. The summed E-state index contributed by atoms with van der Waals surface area (Å²) < 4.78 is 10.6. The largest absolute Gasteiger partial charge is 0.497 e. The zero-order valence-electron chi connectivity index (χ0n) is 15.9. The number of hydrogen-bond acceptors (Lipinski definition) is 5. The smallest absolute Gasteiger partial charge is 0.252 e. The van der Waals surface area contributed by atoms with Crippen molar-refractivity contribution in [2.45, 2.75) is 6.42 Å². The van der Waals surface area contributed by atoms with Crippen LogP contribution in [0.3, 0.4) is 0 Å². The molecular weight excluding hydrogens is 354 g/mol. The van der Waals surface area contributed by atoms with Crippen LogP contribution < -0.4 is 20.1 Å². The Kier molecular flexibility index (Phi) is 6.46. The number of benzene rings is 2. The summed E-state index contributed by atoms with van der Waals surface area (Å²) in [6.45, 7) is 0.562. The third-order valence-electron chi connectivity index (χ3n) is 4.23. The monoisotopic (exact) mass is 377 g/mol. The second-order valence-corrected chi connectivity index (χ2v) is 6.15. The summed E-state index contributed by atoms with van der Waals surface area (Å²) in [7, 11) is 3.19. The number of nitrogens with zero attached hydrogens (tertiary/aromatic N) is 1. The molecule has 144 valence electrons. The first-order valence-corrected chi connectivity index (χ1v) is 8.96. The Bertz CT molecular complexity index is 929. The topological polar surface area (TPSA) is 72.5 Å². The quantitative estimate of drug-likeness (QED) is 0.624. The summed E-state index contributed by atoms with van der Waals surface area (Å²) in [5.41, 5.74) is 3.12. The first-order valence-electron chi connectivity index (χ1n) is 8.96. The van der Waals surface area contributed by atoms with Crippen LogP contribution in [-0.2, 0) is 6.42 Å². The number of amides is 1. The highest BCUT2D eigenvalue weighted by Gasteiger charge is 2.09. The van der Waals surface area contributed by atoms with Crippen molar-refractivity contribution < 1.29 is 14.3 Å². The number of carbonyl (C=O) groups excluding carboxylic acids is 1. The molecule has 0 spiro atoms. The van der Waals surface area contributed by atoms with Crippen molar-refractivity contribution in [3.63, 3.8) is 0 Å². The Balaban J connectivity index is 1.64. The van der Waals surface area contributed by atoms with Crippen molar-refractivity contribution in [1.82, 2.24) is 10.3 Å². The lowest BCUT2D eigenvalue weighted by Gasteiger charge is -2.13. The molecule has 0 fully saturated rings. The number of hydrogen-bond donors (Lipinski definition) is 2. The molecule has 0 aliphatic rings. The fraction of sp³-hybridized carbons (Fsp3) is 0.182. The van der Waals surface area contributed by atoms with Crippen LogP contribution in [0.5, 0.6) is 11.5 Å². The Hall–Kier alpha value is -3.54. The minimum absolute atomic E-state index is 0.159. The lowest BCUT2D eigenvalue weighted by molar-refractivity contribution is 0.0954. The summed E-state index contributed by atoms with van der Waals surface area (Å²) in [6, 6.07) is 17.3. The molecule has 3 aromatic rings. The van der Waals surface area contributed by atoms with E-state index in [1.54, 1.807) is 38.7 Å². The average Bonchev–Trinajstić information content (AvgIpc) is 2.75. The third-order valence-corrected chi connectivity index (χ3v) is 4.23. The molecule has 0 bridgehead atoms. The first-order chi connectivity index (χ1) is 13.7. The minimum atomic E-state index is -0.159. The van der Waals surface area contributed by atoms with Crippen molar-refractivity contribution in [2.24, 2.45) is 0 Å². The molecule has 0 saturated carbocycles. The molecule has 2 N–H and O–H groups in total. The van der Waals surface area contributed by atoms with E-state index in [0.29, 0.717) is 29.3 Å². The normalized spacial score (nSPS) is 10.2. The van der Waals surface area contributed by atoms with Gasteiger partial charge >= 0.3 is 0 Å². The summed E-state index contributed by atoms with van der Waals surface area (Å²) in [5, 5.41) is 6.16. The molecule has 1 heterocycles. The standard InChI is InChI=1S/C22H23N3O3/c1-27-19-8-9-20(21(13-19)28-2)25-18-12-17(14-23-15-18)22(26)24-11-10-16-6-4-3-5-7-16/h3-9,12-15,25H,10-11H2,1-2H3,(H,24,26). The van der Waals surface area contributed by atoms with Gasteiger partial charge in [0.25, 0.3) is 5.91 Å². The van der Waals surface area contributed by atoms with E-state index in [1.807, 2.05) is 42.5 Å². The van der Waals surface area contributed by atoms with E-state index >= 15 is 0 Å². The van der Waals surface area contributed by atoms with Crippen LogP contribution in [0.25, 0.3) is 0 Å². The number of anilines is 2. The van der Waals surface area contributed by atoms with Gasteiger partial charge in [-0.25, -0.2) is 0 Å². The predicted molar refractivity (Wildman–Crippen MR) is 110 cm³/mol.